The molecular formula is C17H16ClFN2O2. The fourth-order valence-corrected chi connectivity index (χ4v) is 2.84. The average molecular weight is 335 g/mol. The molecule has 1 saturated heterocycles. The number of hydrogen-bond donors (Lipinski definition) is 1. The van der Waals surface area contributed by atoms with Crippen LogP contribution in [0.1, 0.15) is 22.0 Å². The zero-order valence-corrected chi connectivity index (χ0v) is 13.1. The van der Waals surface area contributed by atoms with Crippen LogP contribution in [-0.2, 0) is 4.74 Å². The summed E-state index contributed by atoms with van der Waals surface area (Å²) in [6, 6.07) is 12.2. The van der Waals surface area contributed by atoms with Crippen molar-refractivity contribution >= 4 is 23.2 Å². The summed E-state index contributed by atoms with van der Waals surface area (Å²) in [5.74, 6) is -1.03. The summed E-state index contributed by atoms with van der Waals surface area (Å²) in [6.07, 6.45) is -0.209. The third kappa shape index (κ3) is 3.30. The standard InChI is InChI=1S/C17H16ClFN2O2/c18-12-8-13(16(20)14(19)9-12)17(22)21-6-7-23-15(10-21)11-4-2-1-3-5-11/h1-5,8-9,15H,6-7,10,20H2. The minimum atomic E-state index is -0.686. The Balaban J connectivity index is 1.83. The van der Waals surface area contributed by atoms with E-state index in [4.69, 9.17) is 22.1 Å². The number of ether oxygens (including phenoxy) is 1. The Morgan fingerprint density at radius 2 is 2.04 bits per heavy atom. The van der Waals surface area contributed by atoms with Gasteiger partial charge in [-0.1, -0.05) is 41.9 Å². The molecule has 3 rings (SSSR count). The molecule has 1 amide bonds. The Labute approximate surface area is 138 Å². The van der Waals surface area contributed by atoms with E-state index < -0.39 is 5.82 Å². The molecule has 1 unspecified atom stereocenters. The molecule has 0 radical (unpaired) electrons. The molecule has 6 heteroatoms. The Kier molecular flexibility index (Phi) is 4.50. The highest BCUT2D eigenvalue weighted by Crippen LogP contribution is 2.27. The highest BCUT2D eigenvalue weighted by Gasteiger charge is 2.27. The Bertz CT molecular complexity index is 724. The molecule has 2 N–H and O–H groups in total. The van der Waals surface area contributed by atoms with Crippen LogP contribution in [0.25, 0.3) is 0 Å². The molecule has 4 nitrogen and oxygen atoms in total. The maximum Gasteiger partial charge on any atom is 0.256 e. The van der Waals surface area contributed by atoms with Gasteiger partial charge in [0, 0.05) is 11.6 Å². The SMILES string of the molecule is Nc1c(F)cc(Cl)cc1C(=O)N1CCOC(c2ccccc2)C1. The molecule has 1 fully saturated rings. The van der Waals surface area contributed by atoms with Gasteiger partial charge < -0.3 is 15.4 Å². The van der Waals surface area contributed by atoms with Crippen LogP contribution in [0.2, 0.25) is 5.02 Å². The Morgan fingerprint density at radius 1 is 1.30 bits per heavy atom. The van der Waals surface area contributed by atoms with Crippen molar-refractivity contribution < 1.29 is 13.9 Å². The van der Waals surface area contributed by atoms with Crippen LogP contribution in [0.4, 0.5) is 10.1 Å². The molecule has 1 aliphatic rings. The first kappa shape index (κ1) is 15.8. The highest BCUT2D eigenvalue weighted by molar-refractivity contribution is 6.31. The first-order valence-electron chi connectivity index (χ1n) is 7.26. The summed E-state index contributed by atoms with van der Waals surface area (Å²) in [4.78, 5) is 14.3. The number of carbonyl (C=O) groups excluding carboxylic acids is 1. The molecule has 0 bridgehead atoms. The van der Waals surface area contributed by atoms with Gasteiger partial charge in [-0.25, -0.2) is 4.39 Å². The van der Waals surface area contributed by atoms with Crippen LogP contribution in [0.3, 0.4) is 0 Å². The van der Waals surface area contributed by atoms with E-state index in [1.165, 1.54) is 6.07 Å². The number of hydrogen-bond acceptors (Lipinski definition) is 3. The van der Waals surface area contributed by atoms with Crippen LogP contribution in [-0.4, -0.2) is 30.5 Å². The van der Waals surface area contributed by atoms with Gasteiger partial charge in [0.2, 0.25) is 0 Å². The van der Waals surface area contributed by atoms with E-state index in [1.54, 1.807) is 4.90 Å². The Hall–Kier alpha value is -2.11. The fourth-order valence-electron chi connectivity index (χ4n) is 2.64. The summed E-state index contributed by atoms with van der Waals surface area (Å²) >= 11 is 5.84. The van der Waals surface area contributed by atoms with Crippen LogP contribution >= 0.6 is 11.6 Å². The summed E-state index contributed by atoms with van der Waals surface area (Å²) in [5.41, 5.74) is 6.60. The lowest BCUT2D eigenvalue weighted by Crippen LogP contribution is -2.42. The monoisotopic (exact) mass is 334 g/mol. The number of carbonyl (C=O) groups is 1. The van der Waals surface area contributed by atoms with E-state index in [-0.39, 0.29) is 28.3 Å². The summed E-state index contributed by atoms with van der Waals surface area (Å²) in [7, 11) is 0. The van der Waals surface area contributed by atoms with Crippen LogP contribution in [0.15, 0.2) is 42.5 Å². The lowest BCUT2D eigenvalue weighted by Gasteiger charge is -2.33. The van der Waals surface area contributed by atoms with E-state index in [0.29, 0.717) is 19.7 Å². The van der Waals surface area contributed by atoms with E-state index in [0.717, 1.165) is 11.6 Å². The molecule has 0 spiro atoms. The molecule has 0 aromatic heterocycles. The number of nitrogen functional groups attached to an aromatic ring is 1. The van der Waals surface area contributed by atoms with Crippen molar-refractivity contribution in [2.45, 2.75) is 6.10 Å². The average Bonchev–Trinajstić information content (AvgIpc) is 2.58. The molecular weight excluding hydrogens is 319 g/mol. The zero-order chi connectivity index (χ0) is 16.4. The number of rotatable bonds is 2. The largest absolute Gasteiger partial charge is 0.396 e. The van der Waals surface area contributed by atoms with Gasteiger partial charge in [0.15, 0.2) is 0 Å². The smallest absolute Gasteiger partial charge is 0.256 e. The lowest BCUT2D eigenvalue weighted by molar-refractivity contribution is -0.0228. The minimum Gasteiger partial charge on any atom is -0.396 e. The second-order valence-electron chi connectivity index (χ2n) is 5.37. The van der Waals surface area contributed by atoms with E-state index in [9.17, 15) is 9.18 Å². The molecule has 0 aliphatic carbocycles. The van der Waals surface area contributed by atoms with Crippen LogP contribution in [0, 0.1) is 5.82 Å². The number of amides is 1. The van der Waals surface area contributed by atoms with Gasteiger partial charge in [-0.15, -0.1) is 0 Å². The number of benzene rings is 2. The van der Waals surface area contributed by atoms with E-state index in [2.05, 4.69) is 0 Å². The van der Waals surface area contributed by atoms with Gasteiger partial charge in [0.05, 0.1) is 24.4 Å². The van der Waals surface area contributed by atoms with Gasteiger partial charge in [0.25, 0.3) is 5.91 Å². The molecule has 1 aliphatic heterocycles. The van der Waals surface area contributed by atoms with Gasteiger partial charge in [-0.05, 0) is 17.7 Å². The second-order valence-corrected chi connectivity index (χ2v) is 5.81. The van der Waals surface area contributed by atoms with Gasteiger partial charge >= 0.3 is 0 Å². The molecule has 2 aromatic rings. The van der Waals surface area contributed by atoms with Gasteiger partial charge in [-0.2, -0.15) is 0 Å². The van der Waals surface area contributed by atoms with Gasteiger partial charge in [0.1, 0.15) is 11.9 Å². The van der Waals surface area contributed by atoms with Crippen molar-refractivity contribution in [2.24, 2.45) is 0 Å². The molecule has 0 saturated carbocycles. The maximum absolute atomic E-state index is 13.7. The van der Waals surface area contributed by atoms with Crippen molar-refractivity contribution in [3.8, 4) is 0 Å². The first-order chi connectivity index (χ1) is 11.1. The van der Waals surface area contributed by atoms with E-state index >= 15 is 0 Å². The number of anilines is 1. The number of nitrogens with zero attached hydrogens (tertiary/aromatic N) is 1. The molecule has 23 heavy (non-hydrogen) atoms. The van der Waals surface area contributed by atoms with Crippen LogP contribution < -0.4 is 5.73 Å². The van der Waals surface area contributed by atoms with Crippen molar-refractivity contribution in [3.63, 3.8) is 0 Å². The predicted octanol–water partition coefficient (Wildman–Crippen LogP) is 3.28. The summed E-state index contributed by atoms with van der Waals surface area (Å²) in [6.45, 7) is 1.22. The lowest BCUT2D eigenvalue weighted by atomic mass is 10.1. The van der Waals surface area contributed by atoms with Gasteiger partial charge in [-0.3, -0.25) is 4.79 Å². The van der Waals surface area contributed by atoms with Crippen molar-refractivity contribution in [2.75, 3.05) is 25.4 Å². The molecule has 120 valence electrons. The number of morpholine rings is 1. The van der Waals surface area contributed by atoms with Crippen molar-refractivity contribution in [3.05, 3.63) is 64.4 Å². The Morgan fingerprint density at radius 3 is 2.78 bits per heavy atom. The molecule has 1 atom stereocenters. The van der Waals surface area contributed by atoms with E-state index in [1.807, 2.05) is 30.3 Å². The predicted molar refractivity (Wildman–Crippen MR) is 86.9 cm³/mol. The first-order valence-corrected chi connectivity index (χ1v) is 7.64. The zero-order valence-electron chi connectivity index (χ0n) is 12.3. The van der Waals surface area contributed by atoms with Crippen molar-refractivity contribution in [1.29, 1.82) is 0 Å². The summed E-state index contributed by atoms with van der Waals surface area (Å²) < 4.78 is 19.4. The minimum absolute atomic E-state index is 0.0868. The normalized spacial score (nSPS) is 18.0. The number of halogens is 2. The highest BCUT2D eigenvalue weighted by atomic mass is 35.5. The molecule has 1 heterocycles. The van der Waals surface area contributed by atoms with Crippen molar-refractivity contribution in [1.82, 2.24) is 4.90 Å². The quantitative estimate of drug-likeness (QED) is 0.857. The summed E-state index contributed by atoms with van der Waals surface area (Å²) in [5, 5.41) is 0.146. The third-order valence-corrected chi connectivity index (χ3v) is 4.07. The second kappa shape index (κ2) is 6.56. The molecule has 2 aromatic carbocycles. The number of nitrogens with two attached hydrogens (primary N) is 1. The fraction of sp³-hybridized carbons (Fsp3) is 0.235. The van der Waals surface area contributed by atoms with Crippen LogP contribution in [0.5, 0.6) is 0 Å². The maximum atomic E-state index is 13.7. The third-order valence-electron chi connectivity index (χ3n) is 3.85. The topological polar surface area (TPSA) is 55.6 Å².